The number of hydrogen-bond acceptors (Lipinski definition) is 5. The summed E-state index contributed by atoms with van der Waals surface area (Å²) in [6.45, 7) is 5.76. The summed E-state index contributed by atoms with van der Waals surface area (Å²) in [5.74, 6) is 1.16. The molecule has 0 amide bonds. The monoisotopic (exact) mass is 363 g/mol. The first kappa shape index (κ1) is 17.1. The summed E-state index contributed by atoms with van der Waals surface area (Å²) in [6.07, 6.45) is 0. The van der Waals surface area contributed by atoms with E-state index in [0.29, 0.717) is 23.9 Å². The fourth-order valence-electron chi connectivity index (χ4n) is 3.71. The van der Waals surface area contributed by atoms with Crippen molar-refractivity contribution in [3.8, 4) is 11.5 Å². The van der Waals surface area contributed by atoms with Crippen LogP contribution < -0.4 is 10.1 Å². The molecule has 2 aromatic carbocycles. The molecular weight excluding hydrogens is 342 g/mol. The Morgan fingerprint density at radius 1 is 1.30 bits per heavy atom. The molecule has 138 valence electrons. The van der Waals surface area contributed by atoms with Gasteiger partial charge < -0.3 is 15.2 Å². The SMILES string of the molecule is CCOc1cc(C2C(C(C)=O)=C(C)Nc3nc4ccccc4n32)ccc1O. The summed E-state index contributed by atoms with van der Waals surface area (Å²) in [7, 11) is 0. The van der Waals surface area contributed by atoms with Gasteiger partial charge in [-0.1, -0.05) is 18.2 Å². The van der Waals surface area contributed by atoms with Crippen LogP contribution in [0.15, 0.2) is 53.7 Å². The average molecular weight is 363 g/mol. The first-order chi connectivity index (χ1) is 13.0. The van der Waals surface area contributed by atoms with Crippen LogP contribution in [0.3, 0.4) is 0 Å². The highest BCUT2D eigenvalue weighted by Gasteiger charge is 2.32. The molecule has 1 aliphatic rings. The molecule has 6 nitrogen and oxygen atoms in total. The highest BCUT2D eigenvalue weighted by Crippen LogP contribution is 2.41. The number of ketones is 1. The second kappa shape index (κ2) is 6.46. The number of fused-ring (bicyclic) bond motifs is 3. The van der Waals surface area contributed by atoms with E-state index in [2.05, 4.69) is 10.3 Å². The molecule has 0 aliphatic carbocycles. The Kier molecular flexibility index (Phi) is 4.11. The zero-order valence-electron chi connectivity index (χ0n) is 15.5. The van der Waals surface area contributed by atoms with Gasteiger partial charge in [-0.15, -0.1) is 0 Å². The van der Waals surface area contributed by atoms with Gasteiger partial charge in [-0.3, -0.25) is 9.36 Å². The lowest BCUT2D eigenvalue weighted by atomic mass is 9.92. The Morgan fingerprint density at radius 3 is 2.81 bits per heavy atom. The van der Waals surface area contributed by atoms with E-state index in [1.54, 1.807) is 19.1 Å². The molecule has 0 spiro atoms. The highest BCUT2D eigenvalue weighted by molar-refractivity contribution is 5.97. The number of para-hydroxylation sites is 2. The van der Waals surface area contributed by atoms with E-state index in [-0.39, 0.29) is 17.6 Å². The van der Waals surface area contributed by atoms with Crippen molar-refractivity contribution in [1.29, 1.82) is 0 Å². The highest BCUT2D eigenvalue weighted by atomic mass is 16.5. The molecule has 6 heteroatoms. The maximum Gasteiger partial charge on any atom is 0.209 e. The molecule has 1 unspecified atom stereocenters. The van der Waals surface area contributed by atoms with Crippen molar-refractivity contribution in [1.82, 2.24) is 9.55 Å². The fraction of sp³-hybridized carbons (Fsp3) is 0.238. The van der Waals surface area contributed by atoms with E-state index >= 15 is 0 Å². The van der Waals surface area contributed by atoms with Crippen LogP contribution in [-0.2, 0) is 4.79 Å². The van der Waals surface area contributed by atoms with Crippen LogP contribution in [-0.4, -0.2) is 27.0 Å². The number of imidazole rings is 1. The van der Waals surface area contributed by atoms with Gasteiger partial charge in [0.2, 0.25) is 5.95 Å². The molecular formula is C21H21N3O3. The third kappa shape index (κ3) is 2.73. The van der Waals surface area contributed by atoms with Crippen LogP contribution in [0, 0.1) is 0 Å². The Balaban J connectivity index is 1.99. The van der Waals surface area contributed by atoms with Crippen LogP contribution in [0.2, 0.25) is 0 Å². The Morgan fingerprint density at radius 2 is 2.07 bits per heavy atom. The predicted molar refractivity (Wildman–Crippen MR) is 104 cm³/mol. The van der Waals surface area contributed by atoms with Crippen LogP contribution in [0.5, 0.6) is 11.5 Å². The molecule has 1 aliphatic heterocycles. The molecule has 27 heavy (non-hydrogen) atoms. The summed E-state index contributed by atoms with van der Waals surface area (Å²) in [5, 5.41) is 13.3. The maximum absolute atomic E-state index is 12.5. The molecule has 1 atom stereocenters. The van der Waals surface area contributed by atoms with Gasteiger partial charge in [-0.05, 0) is 50.6 Å². The number of nitrogens with zero attached hydrogens (tertiary/aromatic N) is 2. The lowest BCUT2D eigenvalue weighted by Gasteiger charge is -2.30. The molecule has 3 aromatic rings. The number of allylic oxidation sites excluding steroid dienone is 2. The number of carbonyl (C=O) groups excluding carboxylic acids is 1. The number of rotatable bonds is 4. The zero-order valence-corrected chi connectivity index (χ0v) is 15.5. The normalized spacial score (nSPS) is 16.2. The van der Waals surface area contributed by atoms with Crippen LogP contribution in [0.4, 0.5) is 5.95 Å². The van der Waals surface area contributed by atoms with E-state index in [1.807, 2.05) is 48.7 Å². The largest absolute Gasteiger partial charge is 0.504 e. The number of hydrogen-bond donors (Lipinski definition) is 2. The van der Waals surface area contributed by atoms with Gasteiger partial charge in [-0.2, -0.15) is 0 Å². The first-order valence-corrected chi connectivity index (χ1v) is 8.92. The quantitative estimate of drug-likeness (QED) is 0.732. The number of phenols is 1. The minimum atomic E-state index is -0.356. The maximum atomic E-state index is 12.5. The standard InChI is InChI=1S/C21H21N3O3/c1-4-27-18-11-14(9-10-17(18)26)20-19(13(3)25)12(2)22-21-23-15-7-5-6-8-16(15)24(20)21/h5-11,20,26H,4H2,1-3H3,(H,22,23). The van der Waals surface area contributed by atoms with Gasteiger partial charge in [0.25, 0.3) is 0 Å². The van der Waals surface area contributed by atoms with E-state index in [1.165, 1.54) is 0 Å². The topological polar surface area (TPSA) is 76.4 Å². The number of ether oxygens (including phenoxy) is 1. The van der Waals surface area contributed by atoms with Crippen molar-refractivity contribution in [2.45, 2.75) is 26.8 Å². The van der Waals surface area contributed by atoms with Gasteiger partial charge in [0.05, 0.1) is 23.7 Å². The molecule has 0 saturated heterocycles. The van der Waals surface area contributed by atoms with Crippen molar-refractivity contribution < 1.29 is 14.6 Å². The summed E-state index contributed by atoms with van der Waals surface area (Å²) >= 11 is 0. The van der Waals surface area contributed by atoms with E-state index < -0.39 is 0 Å². The molecule has 4 rings (SSSR count). The predicted octanol–water partition coefficient (Wildman–Crippen LogP) is 4.02. The first-order valence-electron chi connectivity index (χ1n) is 8.92. The number of aromatic hydroxyl groups is 1. The lowest BCUT2D eigenvalue weighted by Crippen LogP contribution is -2.27. The zero-order chi connectivity index (χ0) is 19.1. The Bertz CT molecular complexity index is 1080. The number of aromatic nitrogens is 2. The van der Waals surface area contributed by atoms with E-state index in [4.69, 9.17) is 4.74 Å². The second-order valence-electron chi connectivity index (χ2n) is 6.58. The average Bonchev–Trinajstić information content (AvgIpc) is 3.00. The van der Waals surface area contributed by atoms with Crippen molar-refractivity contribution in [2.75, 3.05) is 11.9 Å². The smallest absolute Gasteiger partial charge is 0.209 e. The van der Waals surface area contributed by atoms with E-state index in [0.717, 1.165) is 22.3 Å². The minimum absolute atomic E-state index is 0.0144. The molecule has 0 fully saturated rings. The summed E-state index contributed by atoms with van der Waals surface area (Å²) in [5.41, 5.74) is 4.08. The van der Waals surface area contributed by atoms with Gasteiger partial charge >= 0.3 is 0 Å². The van der Waals surface area contributed by atoms with E-state index in [9.17, 15) is 9.90 Å². The molecule has 1 aromatic heterocycles. The molecule has 2 heterocycles. The van der Waals surface area contributed by atoms with Crippen molar-refractivity contribution in [3.05, 3.63) is 59.3 Å². The molecule has 0 bridgehead atoms. The minimum Gasteiger partial charge on any atom is -0.504 e. The van der Waals surface area contributed by atoms with Crippen LogP contribution in [0.25, 0.3) is 11.0 Å². The number of benzene rings is 2. The lowest BCUT2D eigenvalue weighted by molar-refractivity contribution is -0.114. The fourth-order valence-corrected chi connectivity index (χ4v) is 3.71. The Hall–Kier alpha value is -3.28. The number of carbonyl (C=O) groups is 1. The third-order valence-corrected chi connectivity index (χ3v) is 4.81. The van der Waals surface area contributed by atoms with Crippen LogP contribution >= 0.6 is 0 Å². The second-order valence-corrected chi connectivity index (χ2v) is 6.58. The Labute approximate surface area is 157 Å². The van der Waals surface area contributed by atoms with Crippen molar-refractivity contribution in [3.63, 3.8) is 0 Å². The van der Waals surface area contributed by atoms with Gasteiger partial charge in [-0.25, -0.2) is 4.98 Å². The third-order valence-electron chi connectivity index (χ3n) is 4.81. The van der Waals surface area contributed by atoms with Gasteiger partial charge in [0, 0.05) is 11.3 Å². The van der Waals surface area contributed by atoms with Crippen molar-refractivity contribution >= 4 is 22.8 Å². The molecule has 0 radical (unpaired) electrons. The number of anilines is 1. The summed E-state index contributed by atoms with van der Waals surface area (Å²) < 4.78 is 7.59. The summed E-state index contributed by atoms with van der Waals surface area (Å²) in [6, 6.07) is 12.7. The number of phenolic OH excluding ortho intramolecular Hbond substituents is 1. The number of Topliss-reactive ketones (excluding diaryl/α,β-unsaturated/α-hetero) is 1. The molecule has 2 N–H and O–H groups in total. The number of nitrogens with one attached hydrogen (secondary N) is 1. The van der Waals surface area contributed by atoms with Crippen LogP contribution in [0.1, 0.15) is 32.4 Å². The molecule has 0 saturated carbocycles. The van der Waals surface area contributed by atoms with Crippen molar-refractivity contribution in [2.24, 2.45) is 0 Å². The van der Waals surface area contributed by atoms with Gasteiger partial charge in [0.1, 0.15) is 0 Å². The van der Waals surface area contributed by atoms with Gasteiger partial charge in [0.15, 0.2) is 17.3 Å². The summed E-state index contributed by atoms with van der Waals surface area (Å²) in [4.78, 5) is 17.2.